The molecule has 3 rings (SSSR count). The van der Waals surface area contributed by atoms with Crippen LogP contribution in [0.3, 0.4) is 0 Å². The predicted molar refractivity (Wildman–Crippen MR) is 69.8 cm³/mol. The predicted octanol–water partition coefficient (Wildman–Crippen LogP) is 3.15. The van der Waals surface area contributed by atoms with Crippen LogP contribution in [0.2, 0.25) is 0 Å². The summed E-state index contributed by atoms with van der Waals surface area (Å²) in [5.41, 5.74) is 1.62. The molecule has 20 heavy (non-hydrogen) atoms. The largest absolute Gasteiger partial charge is 0.327 e. The van der Waals surface area contributed by atoms with E-state index in [4.69, 9.17) is 12.2 Å². The summed E-state index contributed by atoms with van der Waals surface area (Å²) in [7, 11) is 1.66. The van der Waals surface area contributed by atoms with Crippen molar-refractivity contribution in [3.8, 4) is 5.69 Å². The van der Waals surface area contributed by atoms with Crippen LogP contribution in [-0.2, 0) is 7.05 Å². The van der Waals surface area contributed by atoms with Crippen molar-refractivity contribution in [2.45, 2.75) is 6.92 Å². The first-order valence-electron chi connectivity index (χ1n) is 5.70. The number of nitrogens with zero attached hydrogens (tertiary/aromatic N) is 3. The molecule has 0 unspecified atom stereocenters. The Labute approximate surface area is 116 Å². The summed E-state index contributed by atoms with van der Waals surface area (Å²) in [6.45, 7) is 1.76. The van der Waals surface area contributed by atoms with Crippen molar-refractivity contribution in [1.29, 1.82) is 0 Å². The highest BCUT2D eigenvalue weighted by atomic mass is 32.1. The molecule has 2 heterocycles. The van der Waals surface area contributed by atoms with Crippen LogP contribution >= 0.6 is 12.2 Å². The van der Waals surface area contributed by atoms with Crippen molar-refractivity contribution in [2.24, 2.45) is 7.05 Å². The molecule has 0 amide bonds. The first kappa shape index (κ1) is 12.9. The number of halogens is 3. The third-order valence-electron chi connectivity index (χ3n) is 3.09. The van der Waals surface area contributed by atoms with Crippen molar-refractivity contribution in [2.75, 3.05) is 0 Å². The van der Waals surface area contributed by atoms with Gasteiger partial charge in [0.2, 0.25) is 0 Å². The number of aryl methyl sites for hydroxylation is 2. The molecule has 0 aliphatic carbocycles. The Hall–Kier alpha value is -2.09. The fraction of sp³-hybridized carbons (Fsp3) is 0.167. The quantitative estimate of drug-likeness (QED) is 0.553. The van der Waals surface area contributed by atoms with E-state index in [1.165, 1.54) is 9.25 Å². The topological polar surface area (TPSA) is 38.5 Å². The van der Waals surface area contributed by atoms with Gasteiger partial charge >= 0.3 is 0 Å². The standard InChI is InChI=1S/C12H9F3N4S/c1-5-10-11(18(2)17-5)19(12(20)16-10)7-4-3-6(13)8(14)9(7)15/h3-4H,1-2H3,(H,16,20). The maximum Gasteiger partial charge on any atom is 0.196 e. The Balaban J connectivity index is 2.44. The molecule has 0 spiro atoms. The van der Waals surface area contributed by atoms with Gasteiger partial charge in [0, 0.05) is 7.05 Å². The fourth-order valence-electron chi connectivity index (χ4n) is 2.22. The molecule has 4 nitrogen and oxygen atoms in total. The molecule has 0 fully saturated rings. The van der Waals surface area contributed by atoms with Gasteiger partial charge in [-0.05, 0) is 31.3 Å². The molecule has 0 aliphatic heterocycles. The third-order valence-corrected chi connectivity index (χ3v) is 3.38. The normalized spacial score (nSPS) is 11.4. The lowest BCUT2D eigenvalue weighted by Gasteiger charge is -2.07. The number of benzene rings is 1. The molecule has 0 saturated heterocycles. The van der Waals surface area contributed by atoms with Gasteiger partial charge in [0.1, 0.15) is 5.52 Å². The van der Waals surface area contributed by atoms with Crippen LogP contribution in [-0.4, -0.2) is 19.3 Å². The summed E-state index contributed by atoms with van der Waals surface area (Å²) in [6.07, 6.45) is 0. The lowest BCUT2D eigenvalue weighted by atomic mass is 10.2. The number of aromatic amines is 1. The molecule has 2 aromatic heterocycles. The highest BCUT2D eigenvalue weighted by Crippen LogP contribution is 2.25. The van der Waals surface area contributed by atoms with Crippen LogP contribution in [0.4, 0.5) is 13.2 Å². The first-order valence-corrected chi connectivity index (χ1v) is 6.11. The summed E-state index contributed by atoms with van der Waals surface area (Å²) in [6, 6.07) is 2.00. The van der Waals surface area contributed by atoms with E-state index in [0.717, 1.165) is 12.1 Å². The molecule has 0 atom stereocenters. The van der Waals surface area contributed by atoms with Gasteiger partial charge < -0.3 is 4.98 Å². The van der Waals surface area contributed by atoms with Crippen molar-refractivity contribution in [1.82, 2.24) is 19.3 Å². The second-order valence-electron chi connectivity index (χ2n) is 4.37. The number of imidazole rings is 1. The second kappa shape index (κ2) is 4.20. The lowest BCUT2D eigenvalue weighted by molar-refractivity contribution is 0.444. The smallest absolute Gasteiger partial charge is 0.196 e. The van der Waals surface area contributed by atoms with Crippen LogP contribution in [0.5, 0.6) is 0 Å². The van der Waals surface area contributed by atoms with Crippen LogP contribution in [0, 0.1) is 29.1 Å². The molecular weight excluding hydrogens is 289 g/mol. The van der Waals surface area contributed by atoms with Crippen LogP contribution in [0.15, 0.2) is 12.1 Å². The number of hydrogen-bond acceptors (Lipinski definition) is 2. The van der Waals surface area contributed by atoms with Gasteiger partial charge in [-0.1, -0.05) is 0 Å². The summed E-state index contributed by atoms with van der Waals surface area (Å²) in [5.74, 6) is -4.07. The second-order valence-corrected chi connectivity index (χ2v) is 4.75. The zero-order valence-corrected chi connectivity index (χ0v) is 11.4. The number of fused-ring (bicyclic) bond motifs is 1. The number of aromatic nitrogens is 4. The lowest BCUT2D eigenvalue weighted by Crippen LogP contribution is -2.05. The van der Waals surface area contributed by atoms with E-state index in [0.29, 0.717) is 16.9 Å². The minimum absolute atomic E-state index is 0.164. The molecule has 0 bridgehead atoms. The SMILES string of the molecule is Cc1nn(C)c2c1[nH]c(=S)n2-c1ccc(F)c(F)c1F. The molecule has 8 heteroatoms. The van der Waals surface area contributed by atoms with Gasteiger partial charge in [-0.15, -0.1) is 0 Å². The molecule has 0 aliphatic rings. The summed E-state index contributed by atoms with van der Waals surface area (Å²) in [4.78, 5) is 2.89. The van der Waals surface area contributed by atoms with E-state index in [1.54, 1.807) is 14.0 Å². The summed E-state index contributed by atoms with van der Waals surface area (Å²) in [5, 5.41) is 4.18. The van der Waals surface area contributed by atoms with E-state index >= 15 is 0 Å². The molecule has 0 saturated carbocycles. The molecular formula is C12H9F3N4S. The molecule has 0 radical (unpaired) electrons. The van der Waals surface area contributed by atoms with E-state index in [-0.39, 0.29) is 10.5 Å². The van der Waals surface area contributed by atoms with Gasteiger partial charge in [-0.25, -0.2) is 17.9 Å². The van der Waals surface area contributed by atoms with Crippen molar-refractivity contribution in [3.63, 3.8) is 0 Å². The Bertz CT molecular complexity index is 890. The van der Waals surface area contributed by atoms with Crippen LogP contribution in [0.1, 0.15) is 5.69 Å². The zero-order chi connectivity index (χ0) is 14.6. The Kier molecular flexibility index (Phi) is 2.72. The van der Waals surface area contributed by atoms with Crippen molar-refractivity contribution in [3.05, 3.63) is 40.0 Å². The van der Waals surface area contributed by atoms with Gasteiger partial charge in [0.05, 0.1) is 11.4 Å². The average molecular weight is 298 g/mol. The fourth-order valence-corrected chi connectivity index (χ4v) is 2.51. The number of rotatable bonds is 1. The number of hydrogen-bond donors (Lipinski definition) is 1. The van der Waals surface area contributed by atoms with Gasteiger partial charge in [-0.3, -0.25) is 4.57 Å². The van der Waals surface area contributed by atoms with Crippen molar-refractivity contribution >= 4 is 23.4 Å². The van der Waals surface area contributed by atoms with Gasteiger partial charge in [0.25, 0.3) is 0 Å². The summed E-state index contributed by atoms with van der Waals surface area (Å²) >= 11 is 5.13. The minimum atomic E-state index is -1.53. The molecule has 1 aromatic carbocycles. The Morgan fingerprint density at radius 2 is 1.90 bits per heavy atom. The summed E-state index contributed by atoms with van der Waals surface area (Å²) < 4.78 is 43.3. The van der Waals surface area contributed by atoms with Gasteiger partial charge in [0.15, 0.2) is 27.9 Å². The minimum Gasteiger partial charge on any atom is -0.327 e. The van der Waals surface area contributed by atoms with Crippen LogP contribution in [0.25, 0.3) is 16.9 Å². The Morgan fingerprint density at radius 1 is 1.20 bits per heavy atom. The molecule has 3 aromatic rings. The maximum absolute atomic E-state index is 13.9. The highest BCUT2D eigenvalue weighted by molar-refractivity contribution is 7.71. The zero-order valence-electron chi connectivity index (χ0n) is 10.5. The van der Waals surface area contributed by atoms with E-state index in [2.05, 4.69) is 10.1 Å². The molecule has 104 valence electrons. The third kappa shape index (κ3) is 1.61. The van der Waals surface area contributed by atoms with Crippen molar-refractivity contribution < 1.29 is 13.2 Å². The average Bonchev–Trinajstić information content (AvgIpc) is 2.86. The van der Waals surface area contributed by atoms with Crippen LogP contribution < -0.4 is 0 Å². The maximum atomic E-state index is 13.9. The first-order chi connectivity index (χ1) is 9.41. The van der Waals surface area contributed by atoms with E-state index in [9.17, 15) is 13.2 Å². The molecule has 1 N–H and O–H groups in total. The van der Waals surface area contributed by atoms with E-state index in [1.807, 2.05) is 0 Å². The highest BCUT2D eigenvalue weighted by Gasteiger charge is 2.20. The number of nitrogens with one attached hydrogen (secondary N) is 1. The van der Waals surface area contributed by atoms with E-state index < -0.39 is 17.5 Å². The Morgan fingerprint density at radius 3 is 2.60 bits per heavy atom. The monoisotopic (exact) mass is 298 g/mol. The van der Waals surface area contributed by atoms with Gasteiger partial charge in [-0.2, -0.15) is 5.10 Å². The number of H-pyrrole nitrogens is 1.